The minimum absolute atomic E-state index is 0.0475. The van der Waals surface area contributed by atoms with Crippen LogP contribution >= 0.6 is 0 Å². The largest absolute Gasteiger partial charge is 0.404 e. The SMILES string of the molecule is CN=CC(=CN)c1ccc(C2CN(C(=O)c3ccc(C)c(NC(=O)c4ccccn4)c3)C2)cc1. The molecule has 1 saturated heterocycles. The monoisotopic (exact) mass is 453 g/mol. The number of hydrogen-bond donors (Lipinski definition) is 2. The Morgan fingerprint density at radius 1 is 1.09 bits per heavy atom. The third-order valence-corrected chi connectivity index (χ3v) is 5.96. The number of aryl methyl sites for hydroxylation is 1. The van der Waals surface area contributed by atoms with Crippen molar-refractivity contribution in [3.05, 3.63) is 101 Å². The minimum atomic E-state index is -0.307. The molecule has 2 aromatic carbocycles. The third-order valence-electron chi connectivity index (χ3n) is 5.96. The lowest BCUT2D eigenvalue weighted by molar-refractivity contribution is 0.0602. The maximum atomic E-state index is 13.0. The van der Waals surface area contributed by atoms with Gasteiger partial charge in [0, 0.05) is 61.5 Å². The Morgan fingerprint density at radius 2 is 1.82 bits per heavy atom. The number of amides is 2. The molecule has 2 amide bonds. The molecule has 0 radical (unpaired) electrons. The van der Waals surface area contributed by atoms with Crippen molar-refractivity contribution in [1.82, 2.24) is 9.88 Å². The highest BCUT2D eigenvalue weighted by molar-refractivity contribution is 6.09. The van der Waals surface area contributed by atoms with Crippen LogP contribution < -0.4 is 11.1 Å². The summed E-state index contributed by atoms with van der Waals surface area (Å²) >= 11 is 0. The molecular weight excluding hydrogens is 426 g/mol. The van der Waals surface area contributed by atoms with Crippen LogP contribution in [0.5, 0.6) is 0 Å². The van der Waals surface area contributed by atoms with Gasteiger partial charge in [0.1, 0.15) is 5.69 Å². The lowest BCUT2D eigenvalue weighted by Gasteiger charge is -2.39. The van der Waals surface area contributed by atoms with Gasteiger partial charge in [-0.2, -0.15) is 0 Å². The molecular formula is C27H27N5O2. The van der Waals surface area contributed by atoms with Gasteiger partial charge in [-0.3, -0.25) is 19.6 Å². The molecule has 34 heavy (non-hydrogen) atoms. The smallest absolute Gasteiger partial charge is 0.274 e. The second-order valence-corrected chi connectivity index (χ2v) is 8.24. The number of pyridine rings is 1. The van der Waals surface area contributed by atoms with Crippen LogP contribution in [-0.2, 0) is 0 Å². The summed E-state index contributed by atoms with van der Waals surface area (Å²) in [4.78, 5) is 35.4. The molecule has 2 heterocycles. The number of hydrogen-bond acceptors (Lipinski definition) is 5. The molecule has 0 bridgehead atoms. The number of nitrogens with one attached hydrogen (secondary N) is 1. The van der Waals surface area contributed by atoms with Gasteiger partial charge in [0.2, 0.25) is 0 Å². The van der Waals surface area contributed by atoms with Crippen LogP contribution in [0.3, 0.4) is 0 Å². The fourth-order valence-corrected chi connectivity index (χ4v) is 3.91. The fraction of sp³-hybridized carbons (Fsp3) is 0.185. The number of likely N-dealkylation sites (tertiary alicyclic amines) is 1. The zero-order valence-electron chi connectivity index (χ0n) is 19.2. The van der Waals surface area contributed by atoms with E-state index in [4.69, 9.17) is 5.73 Å². The summed E-state index contributed by atoms with van der Waals surface area (Å²) in [5.41, 5.74) is 11.1. The molecule has 172 valence electrons. The number of benzene rings is 2. The zero-order chi connectivity index (χ0) is 24.1. The number of nitrogens with two attached hydrogens (primary N) is 1. The summed E-state index contributed by atoms with van der Waals surface area (Å²) in [6, 6.07) is 18.7. The van der Waals surface area contributed by atoms with Gasteiger partial charge in [0.05, 0.1) is 0 Å². The molecule has 1 aliphatic heterocycles. The van der Waals surface area contributed by atoms with Gasteiger partial charge in [-0.25, -0.2) is 0 Å². The molecule has 1 fully saturated rings. The lowest BCUT2D eigenvalue weighted by atomic mass is 9.89. The second kappa shape index (κ2) is 10.1. The Kier molecular flexibility index (Phi) is 6.82. The van der Waals surface area contributed by atoms with E-state index in [1.54, 1.807) is 56.0 Å². The Bertz CT molecular complexity index is 1240. The van der Waals surface area contributed by atoms with E-state index in [2.05, 4.69) is 27.4 Å². The number of rotatable bonds is 6. The first-order valence-corrected chi connectivity index (χ1v) is 11.1. The highest BCUT2D eigenvalue weighted by Crippen LogP contribution is 2.30. The van der Waals surface area contributed by atoms with Gasteiger partial charge in [0.15, 0.2) is 0 Å². The van der Waals surface area contributed by atoms with E-state index in [1.165, 1.54) is 5.56 Å². The van der Waals surface area contributed by atoms with E-state index in [0.29, 0.717) is 30.0 Å². The first kappa shape index (κ1) is 22.9. The van der Waals surface area contributed by atoms with Crippen molar-refractivity contribution >= 4 is 29.3 Å². The van der Waals surface area contributed by atoms with Crippen molar-refractivity contribution in [3.63, 3.8) is 0 Å². The highest BCUT2D eigenvalue weighted by atomic mass is 16.2. The van der Waals surface area contributed by atoms with Crippen molar-refractivity contribution in [2.75, 3.05) is 25.5 Å². The molecule has 1 aliphatic rings. The van der Waals surface area contributed by atoms with Crippen molar-refractivity contribution in [3.8, 4) is 0 Å². The average Bonchev–Trinajstić information content (AvgIpc) is 2.84. The molecule has 0 atom stereocenters. The van der Waals surface area contributed by atoms with Crippen molar-refractivity contribution in [1.29, 1.82) is 0 Å². The highest BCUT2D eigenvalue weighted by Gasteiger charge is 2.32. The van der Waals surface area contributed by atoms with Crippen molar-refractivity contribution < 1.29 is 9.59 Å². The maximum Gasteiger partial charge on any atom is 0.274 e. The maximum absolute atomic E-state index is 13.0. The lowest BCUT2D eigenvalue weighted by Crippen LogP contribution is -2.48. The van der Waals surface area contributed by atoms with E-state index in [9.17, 15) is 9.59 Å². The molecule has 7 nitrogen and oxygen atoms in total. The van der Waals surface area contributed by atoms with Crippen LogP contribution in [0.1, 0.15) is 43.5 Å². The Balaban J connectivity index is 1.40. The molecule has 1 aromatic heterocycles. The summed E-state index contributed by atoms with van der Waals surface area (Å²) < 4.78 is 0. The van der Waals surface area contributed by atoms with Gasteiger partial charge in [0.25, 0.3) is 11.8 Å². The van der Waals surface area contributed by atoms with Gasteiger partial charge in [-0.1, -0.05) is 36.4 Å². The Hall–Kier alpha value is -4.26. The van der Waals surface area contributed by atoms with Crippen LogP contribution in [0, 0.1) is 6.92 Å². The summed E-state index contributed by atoms with van der Waals surface area (Å²) in [6.07, 6.45) is 4.84. The molecule has 0 saturated carbocycles. The van der Waals surface area contributed by atoms with Gasteiger partial charge >= 0.3 is 0 Å². The molecule has 0 spiro atoms. The average molecular weight is 454 g/mol. The van der Waals surface area contributed by atoms with Crippen LogP contribution in [0.25, 0.3) is 5.57 Å². The number of nitrogens with zero attached hydrogens (tertiary/aromatic N) is 3. The Morgan fingerprint density at radius 3 is 2.47 bits per heavy atom. The number of carbonyl (C=O) groups excluding carboxylic acids is 2. The normalized spacial score (nSPS) is 14.2. The number of aromatic nitrogens is 1. The predicted molar refractivity (Wildman–Crippen MR) is 135 cm³/mol. The van der Waals surface area contributed by atoms with E-state index in [-0.39, 0.29) is 17.7 Å². The number of anilines is 1. The minimum Gasteiger partial charge on any atom is -0.404 e. The van der Waals surface area contributed by atoms with Crippen LogP contribution in [-0.4, -0.2) is 48.1 Å². The van der Waals surface area contributed by atoms with E-state index in [1.807, 2.05) is 30.0 Å². The predicted octanol–water partition coefficient (Wildman–Crippen LogP) is 3.88. The molecule has 0 unspecified atom stereocenters. The zero-order valence-corrected chi connectivity index (χ0v) is 19.2. The summed E-state index contributed by atoms with van der Waals surface area (Å²) in [5, 5.41) is 2.86. The molecule has 3 aromatic rings. The summed E-state index contributed by atoms with van der Waals surface area (Å²) in [5.74, 6) is -0.0655. The molecule has 4 rings (SSSR count). The number of aliphatic imine (C=N–C) groups is 1. The van der Waals surface area contributed by atoms with E-state index >= 15 is 0 Å². The van der Waals surface area contributed by atoms with Crippen LogP contribution in [0.15, 0.2) is 78.1 Å². The molecule has 0 aliphatic carbocycles. The van der Waals surface area contributed by atoms with Gasteiger partial charge in [-0.05, 0) is 47.9 Å². The summed E-state index contributed by atoms with van der Waals surface area (Å²) in [7, 11) is 1.71. The summed E-state index contributed by atoms with van der Waals surface area (Å²) in [6.45, 7) is 3.19. The van der Waals surface area contributed by atoms with Crippen LogP contribution in [0.2, 0.25) is 0 Å². The van der Waals surface area contributed by atoms with E-state index < -0.39 is 0 Å². The van der Waals surface area contributed by atoms with Gasteiger partial charge < -0.3 is 16.0 Å². The van der Waals surface area contributed by atoms with Crippen molar-refractivity contribution in [2.45, 2.75) is 12.8 Å². The molecule has 3 N–H and O–H groups in total. The van der Waals surface area contributed by atoms with Crippen molar-refractivity contribution in [2.24, 2.45) is 10.7 Å². The van der Waals surface area contributed by atoms with E-state index in [0.717, 1.165) is 16.7 Å². The number of carbonyl (C=O) groups is 2. The second-order valence-electron chi connectivity index (χ2n) is 8.24. The molecule has 7 heteroatoms. The third kappa shape index (κ3) is 4.88. The van der Waals surface area contributed by atoms with Gasteiger partial charge in [-0.15, -0.1) is 0 Å². The first-order valence-electron chi connectivity index (χ1n) is 11.1. The standard InChI is InChI=1S/C27H27N5O2/c1-18-6-7-21(13-25(18)31-26(33)24-5-3-4-12-30-24)27(34)32-16-23(17-32)20-10-8-19(9-11-20)22(14-28)15-29-2/h3-15,23H,16-17,28H2,1-2H3,(H,31,33). The number of allylic oxidation sites excluding steroid dienone is 1. The van der Waals surface area contributed by atoms with Crippen LogP contribution in [0.4, 0.5) is 5.69 Å². The quantitative estimate of drug-likeness (QED) is 0.553. The first-order chi connectivity index (χ1) is 16.5. The Labute approximate surface area is 199 Å². The topological polar surface area (TPSA) is 101 Å². The fourth-order valence-electron chi connectivity index (χ4n) is 3.91.